The van der Waals surface area contributed by atoms with E-state index in [9.17, 15) is 14.7 Å². The van der Waals surface area contributed by atoms with Crippen LogP contribution in [0.3, 0.4) is 0 Å². The van der Waals surface area contributed by atoms with Crippen molar-refractivity contribution in [1.29, 1.82) is 0 Å². The number of nitrogens with zero attached hydrogens (tertiary/aromatic N) is 1. The van der Waals surface area contributed by atoms with Crippen molar-refractivity contribution >= 4 is 12.1 Å². The minimum absolute atomic E-state index is 0.0805. The summed E-state index contributed by atoms with van der Waals surface area (Å²) in [6.45, 7) is 2.14. The molecule has 1 aromatic carbocycles. The van der Waals surface area contributed by atoms with Crippen LogP contribution in [0.4, 0.5) is 4.79 Å². The standard InChI is InChI=1S/C15H19NO5/c1-2-20-14(18)13-8-12(17)9-16(13)15(19)21-10-11-6-4-3-5-7-11/h3-7,12-13,17H,2,8-10H2,1H3/t12?,13-/m0/s1. The van der Waals surface area contributed by atoms with Gasteiger partial charge in [0, 0.05) is 6.42 Å². The van der Waals surface area contributed by atoms with E-state index in [4.69, 9.17) is 9.47 Å². The summed E-state index contributed by atoms with van der Waals surface area (Å²) < 4.78 is 10.1. The molecule has 0 aromatic heterocycles. The van der Waals surface area contributed by atoms with Gasteiger partial charge in [-0.2, -0.15) is 0 Å². The van der Waals surface area contributed by atoms with Gasteiger partial charge in [0.2, 0.25) is 0 Å². The van der Waals surface area contributed by atoms with Crippen molar-refractivity contribution in [1.82, 2.24) is 4.90 Å². The van der Waals surface area contributed by atoms with Crippen molar-refractivity contribution in [2.45, 2.75) is 32.1 Å². The van der Waals surface area contributed by atoms with Gasteiger partial charge in [0.15, 0.2) is 0 Å². The summed E-state index contributed by atoms with van der Waals surface area (Å²) in [6.07, 6.45) is -1.17. The molecule has 114 valence electrons. The molecule has 1 fully saturated rings. The van der Waals surface area contributed by atoms with E-state index in [1.54, 1.807) is 6.92 Å². The van der Waals surface area contributed by atoms with Crippen LogP contribution >= 0.6 is 0 Å². The smallest absolute Gasteiger partial charge is 0.410 e. The zero-order valence-corrected chi connectivity index (χ0v) is 11.9. The second kappa shape index (κ2) is 7.08. The summed E-state index contributed by atoms with van der Waals surface area (Å²) in [5.41, 5.74) is 0.860. The summed E-state index contributed by atoms with van der Waals surface area (Å²) in [4.78, 5) is 25.1. The lowest BCUT2D eigenvalue weighted by molar-refractivity contribution is -0.148. The Morgan fingerprint density at radius 1 is 1.29 bits per heavy atom. The maximum atomic E-state index is 12.1. The van der Waals surface area contributed by atoms with Gasteiger partial charge in [0.25, 0.3) is 0 Å². The largest absolute Gasteiger partial charge is 0.464 e. The van der Waals surface area contributed by atoms with E-state index in [-0.39, 0.29) is 26.2 Å². The number of aliphatic hydroxyl groups is 1. The van der Waals surface area contributed by atoms with E-state index in [1.807, 2.05) is 30.3 Å². The monoisotopic (exact) mass is 293 g/mol. The number of rotatable bonds is 4. The van der Waals surface area contributed by atoms with Crippen LogP contribution in [0.1, 0.15) is 18.9 Å². The number of ether oxygens (including phenoxy) is 2. The van der Waals surface area contributed by atoms with E-state index in [0.29, 0.717) is 0 Å². The number of aliphatic hydroxyl groups excluding tert-OH is 1. The number of amides is 1. The Morgan fingerprint density at radius 2 is 2.00 bits per heavy atom. The summed E-state index contributed by atoms with van der Waals surface area (Å²) >= 11 is 0. The molecule has 1 aliphatic rings. The molecule has 0 saturated carbocycles. The molecule has 6 heteroatoms. The second-order valence-electron chi connectivity index (χ2n) is 4.85. The topological polar surface area (TPSA) is 76.1 Å². The van der Waals surface area contributed by atoms with Crippen LogP contribution < -0.4 is 0 Å². The Labute approximate surface area is 123 Å². The van der Waals surface area contributed by atoms with E-state index < -0.39 is 24.2 Å². The summed E-state index contributed by atoms with van der Waals surface area (Å²) in [7, 11) is 0. The van der Waals surface area contributed by atoms with Crippen LogP contribution in [0, 0.1) is 0 Å². The first kappa shape index (κ1) is 15.3. The highest BCUT2D eigenvalue weighted by Crippen LogP contribution is 2.20. The van der Waals surface area contributed by atoms with E-state index in [2.05, 4.69) is 0 Å². The van der Waals surface area contributed by atoms with Gasteiger partial charge in [0.1, 0.15) is 12.6 Å². The van der Waals surface area contributed by atoms with Crippen molar-refractivity contribution in [2.75, 3.05) is 13.2 Å². The van der Waals surface area contributed by atoms with Gasteiger partial charge in [0.05, 0.1) is 19.3 Å². The Balaban J connectivity index is 1.94. The molecular weight excluding hydrogens is 274 g/mol. The number of β-amino-alcohol motifs (C(OH)–C–C–N with tert-alkyl or cyclic N) is 1. The first-order chi connectivity index (χ1) is 10.1. The van der Waals surface area contributed by atoms with Crippen LogP contribution in [-0.4, -0.2) is 47.4 Å². The number of esters is 1. The molecule has 1 amide bonds. The molecule has 2 atom stereocenters. The first-order valence-corrected chi connectivity index (χ1v) is 6.93. The zero-order valence-electron chi connectivity index (χ0n) is 11.9. The molecule has 1 aliphatic heterocycles. The molecular formula is C15H19NO5. The average Bonchev–Trinajstić information content (AvgIpc) is 2.88. The Bertz CT molecular complexity index is 490. The number of carbonyl (C=O) groups excluding carboxylic acids is 2. The first-order valence-electron chi connectivity index (χ1n) is 6.93. The third-order valence-electron chi connectivity index (χ3n) is 3.28. The molecule has 0 bridgehead atoms. The fraction of sp³-hybridized carbons (Fsp3) is 0.467. The molecule has 2 rings (SSSR count). The van der Waals surface area contributed by atoms with Gasteiger partial charge in [-0.05, 0) is 12.5 Å². The lowest BCUT2D eigenvalue weighted by Crippen LogP contribution is -2.41. The SMILES string of the molecule is CCOC(=O)[C@@H]1CC(O)CN1C(=O)OCc1ccccc1. The van der Waals surface area contributed by atoms with Gasteiger partial charge < -0.3 is 14.6 Å². The zero-order chi connectivity index (χ0) is 15.2. The number of hydrogen-bond acceptors (Lipinski definition) is 5. The van der Waals surface area contributed by atoms with Crippen molar-refractivity contribution < 1.29 is 24.2 Å². The van der Waals surface area contributed by atoms with E-state index in [0.717, 1.165) is 5.56 Å². The molecule has 0 aliphatic carbocycles. The van der Waals surface area contributed by atoms with Crippen molar-refractivity contribution in [3.63, 3.8) is 0 Å². The van der Waals surface area contributed by atoms with Crippen LogP contribution in [0.2, 0.25) is 0 Å². The van der Waals surface area contributed by atoms with Crippen molar-refractivity contribution in [3.05, 3.63) is 35.9 Å². The molecule has 1 heterocycles. The molecule has 1 aromatic rings. The minimum atomic E-state index is -0.775. The van der Waals surface area contributed by atoms with Crippen LogP contribution in [0.15, 0.2) is 30.3 Å². The molecule has 1 N–H and O–H groups in total. The number of hydrogen-bond donors (Lipinski definition) is 1. The van der Waals surface area contributed by atoms with Crippen LogP contribution in [0.25, 0.3) is 0 Å². The fourth-order valence-electron chi connectivity index (χ4n) is 2.28. The molecule has 6 nitrogen and oxygen atoms in total. The van der Waals surface area contributed by atoms with E-state index >= 15 is 0 Å². The molecule has 0 spiro atoms. The number of carbonyl (C=O) groups is 2. The third kappa shape index (κ3) is 3.95. The van der Waals surface area contributed by atoms with Gasteiger partial charge in [-0.1, -0.05) is 30.3 Å². The summed E-state index contributed by atoms with van der Waals surface area (Å²) in [6, 6.07) is 8.49. The maximum absolute atomic E-state index is 12.1. The number of benzene rings is 1. The van der Waals surface area contributed by atoms with Crippen LogP contribution in [-0.2, 0) is 20.9 Å². The molecule has 0 radical (unpaired) electrons. The second-order valence-corrected chi connectivity index (χ2v) is 4.85. The Hall–Kier alpha value is -2.08. The highest BCUT2D eigenvalue weighted by molar-refractivity contribution is 5.82. The van der Waals surface area contributed by atoms with E-state index in [1.165, 1.54) is 4.90 Å². The Morgan fingerprint density at radius 3 is 2.67 bits per heavy atom. The van der Waals surface area contributed by atoms with Gasteiger partial charge in [-0.25, -0.2) is 9.59 Å². The average molecular weight is 293 g/mol. The lowest BCUT2D eigenvalue weighted by atomic mass is 10.2. The van der Waals surface area contributed by atoms with Gasteiger partial charge in [-0.15, -0.1) is 0 Å². The quantitative estimate of drug-likeness (QED) is 0.847. The molecule has 1 unspecified atom stereocenters. The highest BCUT2D eigenvalue weighted by Gasteiger charge is 2.40. The lowest BCUT2D eigenvalue weighted by Gasteiger charge is -2.22. The number of likely N-dealkylation sites (tertiary alicyclic amines) is 1. The normalized spacial score (nSPS) is 21.1. The fourth-order valence-corrected chi connectivity index (χ4v) is 2.28. The third-order valence-corrected chi connectivity index (χ3v) is 3.28. The van der Waals surface area contributed by atoms with Gasteiger partial charge in [-0.3, -0.25) is 4.90 Å². The van der Waals surface area contributed by atoms with Crippen LogP contribution in [0.5, 0.6) is 0 Å². The van der Waals surface area contributed by atoms with Crippen molar-refractivity contribution in [2.24, 2.45) is 0 Å². The van der Waals surface area contributed by atoms with Crippen molar-refractivity contribution in [3.8, 4) is 0 Å². The summed E-state index contributed by atoms with van der Waals surface area (Å²) in [5, 5.41) is 9.66. The van der Waals surface area contributed by atoms with Gasteiger partial charge >= 0.3 is 12.1 Å². The maximum Gasteiger partial charge on any atom is 0.410 e. The predicted octanol–water partition coefficient (Wildman–Crippen LogP) is 1.32. The minimum Gasteiger partial charge on any atom is -0.464 e. The molecule has 1 saturated heterocycles. The molecule has 21 heavy (non-hydrogen) atoms. The highest BCUT2D eigenvalue weighted by atomic mass is 16.6. The Kier molecular flexibility index (Phi) is 5.16. The summed E-state index contributed by atoms with van der Waals surface area (Å²) in [5.74, 6) is -0.509. The predicted molar refractivity (Wildman–Crippen MR) is 74.4 cm³/mol.